The average Bonchev–Trinajstić information content (AvgIpc) is 3.89. The largest absolute Gasteiger partial charge is 2.00 e. The van der Waals surface area contributed by atoms with E-state index in [1.807, 2.05) is 73.3 Å². The molecule has 2 N–H and O–H groups in total. The fourth-order valence-electron chi connectivity index (χ4n) is 3.64. The van der Waals surface area contributed by atoms with E-state index in [0.717, 1.165) is 11.1 Å². The van der Waals surface area contributed by atoms with Crippen molar-refractivity contribution >= 4 is 34.4 Å². The van der Waals surface area contributed by atoms with Crippen LogP contribution in [-0.2, 0) is 17.1 Å². The fourth-order valence-corrected chi connectivity index (χ4v) is 3.88. The molecule has 0 saturated carbocycles. The first-order chi connectivity index (χ1) is 23.6. The summed E-state index contributed by atoms with van der Waals surface area (Å²) in [5, 5.41) is 22.7. The standard InChI is InChI=1S/2C13H12N6S.2ClHO4.Fe/c2*1-14-13(20)10-8-11(18-6-2-4-15-18)17-12(9-10)19-7-3-5-16-19;2*2-1(3,4)5;/h2*2-9H,1H3,(H,14,20);2*(H,2,3,4,5);/q;;;;+2/p-2. The van der Waals surface area contributed by atoms with Crippen molar-refractivity contribution < 1.29 is 74.8 Å². The molecule has 6 rings (SSSR count). The van der Waals surface area contributed by atoms with Crippen LogP contribution in [0, 0.1) is 20.5 Å². The molecule has 0 aliphatic carbocycles. The first-order valence-electron chi connectivity index (χ1n) is 13.3. The quantitative estimate of drug-likeness (QED) is 0.116. The van der Waals surface area contributed by atoms with Crippen LogP contribution in [0.25, 0.3) is 23.3 Å². The average molecular weight is 823 g/mol. The van der Waals surface area contributed by atoms with Crippen LogP contribution in [0.15, 0.2) is 98.1 Å². The number of pyridine rings is 2. The fraction of sp³-hybridized carbons (Fsp3) is 0.0769. The van der Waals surface area contributed by atoms with Gasteiger partial charge < -0.3 is 10.6 Å². The second-order valence-corrected chi connectivity index (χ2v) is 11.2. The number of thiocarbonyl (C=S) groups is 2. The summed E-state index contributed by atoms with van der Waals surface area (Å²) in [4.78, 5) is 10.4. The van der Waals surface area contributed by atoms with Crippen LogP contribution >= 0.6 is 24.4 Å². The molecule has 51 heavy (non-hydrogen) atoms. The Balaban J connectivity index is 0.000000276. The molecule has 0 radical (unpaired) electrons. The summed E-state index contributed by atoms with van der Waals surface area (Å²) < 4.78 is 74.7. The van der Waals surface area contributed by atoms with Gasteiger partial charge in [-0.2, -0.15) is 20.4 Å². The summed E-state index contributed by atoms with van der Waals surface area (Å²) in [6, 6.07) is 14.9. The molecule has 6 aromatic heterocycles. The van der Waals surface area contributed by atoms with Crippen LogP contribution in [0.1, 0.15) is 11.1 Å². The van der Waals surface area contributed by atoms with Crippen molar-refractivity contribution in [3.63, 3.8) is 0 Å². The van der Waals surface area contributed by atoms with E-state index in [2.05, 4.69) is 41.0 Å². The Morgan fingerprint density at radius 3 is 0.882 bits per heavy atom. The third-order valence-corrected chi connectivity index (χ3v) is 6.41. The topological polar surface area (TPSA) is 306 Å². The van der Waals surface area contributed by atoms with Gasteiger partial charge in [0.25, 0.3) is 0 Å². The third-order valence-electron chi connectivity index (χ3n) is 5.53. The second kappa shape index (κ2) is 19.9. The maximum absolute atomic E-state index is 8.49. The summed E-state index contributed by atoms with van der Waals surface area (Å²) in [5.74, 6) is 2.76. The molecule has 0 aromatic carbocycles. The number of rotatable bonds is 6. The normalized spacial score (nSPS) is 10.5. The van der Waals surface area contributed by atoms with Gasteiger partial charge in [0.15, 0.2) is 23.3 Å². The number of aromatic nitrogens is 10. The summed E-state index contributed by atoms with van der Waals surface area (Å²) in [7, 11) is -6.30. The van der Waals surface area contributed by atoms with Crippen molar-refractivity contribution in [2.75, 3.05) is 14.1 Å². The number of nitrogens with one attached hydrogen (secondary N) is 2. The van der Waals surface area contributed by atoms with Gasteiger partial charge in [0.1, 0.15) is 9.98 Å². The first-order valence-corrected chi connectivity index (χ1v) is 16.6. The molecule has 0 bridgehead atoms. The van der Waals surface area contributed by atoms with Gasteiger partial charge in [-0.25, -0.2) is 66.0 Å². The van der Waals surface area contributed by atoms with Gasteiger partial charge in [-0.3, -0.25) is 0 Å². The molecule has 0 fully saturated rings. The van der Waals surface area contributed by atoms with Crippen molar-refractivity contribution in [2.24, 2.45) is 0 Å². The Labute approximate surface area is 314 Å². The molecule has 0 unspecified atom stereocenters. The molecular weight excluding hydrogens is 799 g/mol. The van der Waals surface area contributed by atoms with Gasteiger partial charge in [-0.15, -0.1) is 20.5 Å². The van der Waals surface area contributed by atoms with Gasteiger partial charge in [-0.1, -0.05) is 24.4 Å². The van der Waals surface area contributed by atoms with E-state index in [1.54, 1.807) is 57.6 Å². The number of nitrogens with zero attached hydrogens (tertiary/aromatic N) is 10. The molecule has 0 saturated heterocycles. The van der Waals surface area contributed by atoms with Crippen molar-refractivity contribution in [3.8, 4) is 23.3 Å². The minimum absolute atomic E-state index is 0. The van der Waals surface area contributed by atoms with E-state index in [9.17, 15) is 0 Å². The molecular formula is C26H24Cl2FeN12O8S2. The van der Waals surface area contributed by atoms with E-state index in [0.29, 0.717) is 33.2 Å². The Hall–Kier alpha value is -4.30. The molecule has 20 nitrogen and oxygen atoms in total. The number of hydrogen-bond acceptors (Lipinski definition) is 16. The van der Waals surface area contributed by atoms with Crippen molar-refractivity contribution in [3.05, 3.63) is 109 Å². The second-order valence-electron chi connectivity index (χ2n) is 8.86. The van der Waals surface area contributed by atoms with E-state index >= 15 is 0 Å². The predicted molar refractivity (Wildman–Crippen MR) is 158 cm³/mol. The monoisotopic (exact) mass is 822 g/mol. The van der Waals surface area contributed by atoms with Gasteiger partial charge in [0, 0.05) is 74.8 Å². The molecule has 0 spiro atoms. The van der Waals surface area contributed by atoms with Crippen LogP contribution < -0.4 is 47.9 Å². The van der Waals surface area contributed by atoms with Crippen molar-refractivity contribution in [2.45, 2.75) is 0 Å². The zero-order valence-corrected chi connectivity index (χ0v) is 30.2. The summed E-state index contributed by atoms with van der Waals surface area (Å²) in [6.07, 6.45) is 14.2. The van der Waals surface area contributed by atoms with E-state index in [-0.39, 0.29) is 17.1 Å². The minimum atomic E-state index is -4.94. The van der Waals surface area contributed by atoms with Crippen LogP contribution in [-0.4, -0.2) is 73.2 Å². The molecule has 6 heterocycles. The van der Waals surface area contributed by atoms with Gasteiger partial charge >= 0.3 is 17.1 Å². The molecule has 25 heteroatoms. The van der Waals surface area contributed by atoms with Gasteiger partial charge in [0.05, 0.1) is 0 Å². The first kappa shape index (κ1) is 42.9. The predicted octanol–water partition coefficient (Wildman–Crippen LogP) is -6.82. The molecule has 0 aliphatic rings. The van der Waals surface area contributed by atoms with Crippen LogP contribution in [0.3, 0.4) is 0 Å². The molecule has 0 aliphatic heterocycles. The molecule has 6 aromatic rings. The SMILES string of the molecule is CNC(=S)c1cc(-n2cccn2)nc(-n2cccn2)c1.CNC(=S)c1cc(-n2cccn2)nc(-n2cccn2)c1.[Fe+2].[O-][Cl+3]([O-])([O-])[O-].[O-][Cl+3]([O-])([O-])[O-]. The van der Waals surface area contributed by atoms with Crippen LogP contribution in [0.2, 0.25) is 0 Å². The number of hydrogen-bond donors (Lipinski definition) is 2. The Morgan fingerprint density at radius 2 is 0.725 bits per heavy atom. The van der Waals surface area contributed by atoms with Crippen molar-refractivity contribution in [1.82, 2.24) is 59.7 Å². The van der Waals surface area contributed by atoms with Crippen LogP contribution in [0.5, 0.6) is 0 Å². The molecule has 0 amide bonds. The maximum atomic E-state index is 8.49. The van der Waals surface area contributed by atoms with E-state index < -0.39 is 20.5 Å². The van der Waals surface area contributed by atoms with E-state index in [4.69, 9.17) is 61.7 Å². The Bertz CT molecular complexity index is 1670. The van der Waals surface area contributed by atoms with Gasteiger partial charge in [0.2, 0.25) is 0 Å². The van der Waals surface area contributed by atoms with E-state index in [1.165, 1.54) is 0 Å². The zero-order chi connectivity index (χ0) is 36.9. The third kappa shape index (κ3) is 15.2. The summed E-state index contributed by atoms with van der Waals surface area (Å²) in [5.41, 5.74) is 1.74. The van der Waals surface area contributed by atoms with Crippen molar-refractivity contribution in [1.29, 1.82) is 0 Å². The Kier molecular flexibility index (Phi) is 16.7. The Morgan fingerprint density at radius 1 is 0.510 bits per heavy atom. The molecule has 0 atom stereocenters. The summed E-state index contributed by atoms with van der Waals surface area (Å²) in [6.45, 7) is 0. The summed E-state index contributed by atoms with van der Waals surface area (Å²) >= 11 is 10.6. The zero-order valence-electron chi connectivity index (χ0n) is 25.9. The number of halogens is 2. The van der Waals surface area contributed by atoms with Gasteiger partial charge in [-0.05, 0) is 48.5 Å². The minimum Gasteiger partial charge on any atom is -0.379 e. The molecule has 270 valence electrons. The maximum Gasteiger partial charge on any atom is 2.00 e. The van der Waals surface area contributed by atoms with Crippen LogP contribution in [0.4, 0.5) is 0 Å². The smallest absolute Gasteiger partial charge is 0.379 e.